The molecule has 0 bridgehead atoms. The molecule has 176 valence electrons. The summed E-state index contributed by atoms with van der Waals surface area (Å²) in [6.45, 7) is 4.93. The summed E-state index contributed by atoms with van der Waals surface area (Å²) in [5.74, 6) is -0.0740. The van der Waals surface area contributed by atoms with E-state index in [2.05, 4.69) is 16.3 Å². The number of benzene rings is 2. The molecular weight excluding hydrogens is 450 g/mol. The molecule has 0 N–H and O–H groups in total. The number of amides is 2. The summed E-state index contributed by atoms with van der Waals surface area (Å²) >= 11 is 1.33. The normalized spacial score (nSPS) is 16.2. The SMILES string of the molecule is C[C@H](Sc1nnc(O[C@H](C)C(=O)N2CCc3ccccc32)n1C)C(=O)N1CCc2ccccc21. The van der Waals surface area contributed by atoms with Crippen LogP contribution in [0.25, 0.3) is 0 Å². The Morgan fingerprint density at radius 3 is 2.06 bits per heavy atom. The second-order valence-electron chi connectivity index (χ2n) is 8.58. The highest BCUT2D eigenvalue weighted by atomic mass is 32.2. The fraction of sp³-hybridized carbons (Fsp3) is 0.360. The Balaban J connectivity index is 1.23. The fourth-order valence-corrected chi connectivity index (χ4v) is 5.37. The number of para-hydroxylation sites is 2. The molecule has 2 aliphatic heterocycles. The van der Waals surface area contributed by atoms with E-state index in [4.69, 9.17) is 4.74 Å². The van der Waals surface area contributed by atoms with Crippen molar-refractivity contribution in [2.45, 2.75) is 43.2 Å². The van der Waals surface area contributed by atoms with Crippen molar-refractivity contribution in [3.05, 3.63) is 59.7 Å². The molecule has 0 radical (unpaired) electrons. The first-order valence-electron chi connectivity index (χ1n) is 11.5. The second kappa shape index (κ2) is 9.13. The number of ether oxygens (including phenoxy) is 1. The summed E-state index contributed by atoms with van der Waals surface area (Å²) in [5, 5.41) is 8.56. The van der Waals surface area contributed by atoms with Gasteiger partial charge >= 0.3 is 6.01 Å². The van der Waals surface area contributed by atoms with E-state index in [-0.39, 0.29) is 23.1 Å². The predicted molar refractivity (Wildman–Crippen MR) is 131 cm³/mol. The summed E-state index contributed by atoms with van der Waals surface area (Å²) in [5.41, 5.74) is 4.28. The number of fused-ring (bicyclic) bond motifs is 2. The van der Waals surface area contributed by atoms with Gasteiger partial charge in [-0.05, 0) is 49.9 Å². The largest absolute Gasteiger partial charge is 0.450 e. The molecular formula is C25H27N5O3S. The van der Waals surface area contributed by atoms with E-state index in [1.54, 1.807) is 23.4 Å². The minimum atomic E-state index is -0.716. The van der Waals surface area contributed by atoms with Crippen LogP contribution in [0.15, 0.2) is 53.7 Å². The van der Waals surface area contributed by atoms with Crippen LogP contribution in [-0.2, 0) is 29.5 Å². The Hall–Kier alpha value is -3.33. The number of anilines is 2. The molecule has 0 saturated heterocycles. The lowest BCUT2D eigenvalue weighted by Crippen LogP contribution is -2.40. The molecule has 8 nitrogen and oxygen atoms in total. The Morgan fingerprint density at radius 1 is 0.882 bits per heavy atom. The first-order valence-corrected chi connectivity index (χ1v) is 12.3. The number of carbonyl (C=O) groups is 2. The molecule has 2 aromatic carbocycles. The van der Waals surface area contributed by atoms with Crippen LogP contribution in [0, 0.1) is 0 Å². The number of hydrogen-bond acceptors (Lipinski definition) is 6. The average Bonchev–Trinajstić information content (AvgIpc) is 3.56. The molecule has 3 heterocycles. The maximum atomic E-state index is 13.1. The van der Waals surface area contributed by atoms with Gasteiger partial charge in [-0.25, -0.2) is 0 Å². The second-order valence-corrected chi connectivity index (χ2v) is 9.89. The number of thioether (sulfide) groups is 1. The quantitative estimate of drug-likeness (QED) is 0.507. The lowest BCUT2D eigenvalue weighted by molar-refractivity contribution is -0.124. The van der Waals surface area contributed by atoms with Crippen molar-refractivity contribution in [3.8, 4) is 6.01 Å². The van der Waals surface area contributed by atoms with E-state index in [9.17, 15) is 9.59 Å². The molecule has 0 saturated carbocycles. The Bertz CT molecular complexity index is 1150. The van der Waals surface area contributed by atoms with Crippen LogP contribution in [0.1, 0.15) is 25.0 Å². The maximum absolute atomic E-state index is 13.1. The van der Waals surface area contributed by atoms with Gasteiger partial charge in [0.2, 0.25) is 5.91 Å². The van der Waals surface area contributed by atoms with E-state index in [1.807, 2.05) is 54.3 Å². The highest BCUT2D eigenvalue weighted by Gasteiger charge is 2.31. The van der Waals surface area contributed by atoms with Crippen molar-refractivity contribution in [1.82, 2.24) is 14.8 Å². The van der Waals surface area contributed by atoms with Crippen molar-refractivity contribution in [3.63, 3.8) is 0 Å². The molecule has 0 unspecified atom stereocenters. The summed E-state index contributed by atoms with van der Waals surface area (Å²) in [6, 6.07) is 16.2. The van der Waals surface area contributed by atoms with Gasteiger partial charge in [0, 0.05) is 31.5 Å². The van der Waals surface area contributed by atoms with Crippen LogP contribution >= 0.6 is 11.8 Å². The van der Waals surface area contributed by atoms with Gasteiger partial charge in [0.25, 0.3) is 5.91 Å². The van der Waals surface area contributed by atoms with Crippen LogP contribution in [0.3, 0.4) is 0 Å². The molecule has 0 fully saturated rings. The molecule has 0 aliphatic carbocycles. The van der Waals surface area contributed by atoms with Crippen LogP contribution in [-0.4, -0.2) is 51.0 Å². The molecule has 9 heteroatoms. The highest BCUT2D eigenvalue weighted by Crippen LogP contribution is 2.32. The zero-order valence-corrected chi connectivity index (χ0v) is 20.3. The van der Waals surface area contributed by atoms with Crippen molar-refractivity contribution in [1.29, 1.82) is 0 Å². The standard InChI is InChI=1S/C25H27N5O3S/c1-16(22(31)29-14-12-18-8-4-6-10-20(18)29)33-24-26-27-25(28(24)3)34-17(2)23(32)30-15-13-19-9-5-7-11-21(19)30/h4-11,16-17H,12-15H2,1-3H3/t16-,17+/m1/s1. The van der Waals surface area contributed by atoms with Crippen LogP contribution in [0.4, 0.5) is 11.4 Å². The number of nitrogens with zero attached hydrogens (tertiary/aromatic N) is 5. The fourth-order valence-electron chi connectivity index (χ4n) is 4.50. The van der Waals surface area contributed by atoms with E-state index in [1.165, 1.54) is 22.9 Å². The number of hydrogen-bond donors (Lipinski definition) is 0. The van der Waals surface area contributed by atoms with E-state index < -0.39 is 6.10 Å². The summed E-state index contributed by atoms with van der Waals surface area (Å²) in [4.78, 5) is 29.8. The third-order valence-corrected chi connectivity index (χ3v) is 7.48. The van der Waals surface area contributed by atoms with Gasteiger partial charge in [-0.1, -0.05) is 53.3 Å². The first kappa shape index (κ1) is 22.5. The van der Waals surface area contributed by atoms with Crippen molar-refractivity contribution in [2.75, 3.05) is 22.9 Å². The van der Waals surface area contributed by atoms with Gasteiger partial charge in [0.05, 0.1) is 5.25 Å². The molecule has 2 atom stereocenters. The smallest absolute Gasteiger partial charge is 0.318 e. The van der Waals surface area contributed by atoms with Gasteiger partial charge in [-0.15, -0.1) is 5.10 Å². The van der Waals surface area contributed by atoms with E-state index >= 15 is 0 Å². The summed E-state index contributed by atoms with van der Waals surface area (Å²) in [7, 11) is 1.78. The molecule has 0 spiro atoms. The van der Waals surface area contributed by atoms with Crippen LogP contribution < -0.4 is 14.5 Å². The average molecular weight is 478 g/mol. The Kier molecular flexibility index (Phi) is 6.03. The van der Waals surface area contributed by atoms with Gasteiger partial charge in [0.15, 0.2) is 11.3 Å². The number of rotatable bonds is 6. The zero-order valence-electron chi connectivity index (χ0n) is 19.5. The molecule has 1 aromatic heterocycles. The third kappa shape index (κ3) is 4.04. The van der Waals surface area contributed by atoms with Gasteiger partial charge < -0.3 is 14.5 Å². The molecule has 2 aliphatic rings. The molecule has 2 amide bonds. The summed E-state index contributed by atoms with van der Waals surface area (Å²) in [6.07, 6.45) is 0.994. The lowest BCUT2D eigenvalue weighted by Gasteiger charge is -2.22. The molecule has 34 heavy (non-hydrogen) atoms. The van der Waals surface area contributed by atoms with Gasteiger partial charge in [0.1, 0.15) is 0 Å². The van der Waals surface area contributed by atoms with E-state index in [0.717, 1.165) is 24.2 Å². The Labute approximate surface area is 202 Å². The van der Waals surface area contributed by atoms with Crippen molar-refractivity contribution < 1.29 is 14.3 Å². The minimum Gasteiger partial charge on any atom is -0.450 e. The van der Waals surface area contributed by atoms with Crippen molar-refractivity contribution >= 4 is 35.0 Å². The molecule has 5 rings (SSSR count). The number of aromatic nitrogens is 3. The number of carbonyl (C=O) groups excluding carboxylic acids is 2. The van der Waals surface area contributed by atoms with Gasteiger partial charge in [-0.3, -0.25) is 14.2 Å². The van der Waals surface area contributed by atoms with Crippen molar-refractivity contribution in [2.24, 2.45) is 7.05 Å². The lowest BCUT2D eigenvalue weighted by atomic mass is 10.2. The van der Waals surface area contributed by atoms with Crippen LogP contribution in [0.2, 0.25) is 0 Å². The topological polar surface area (TPSA) is 80.6 Å². The maximum Gasteiger partial charge on any atom is 0.318 e. The molecule has 3 aromatic rings. The summed E-state index contributed by atoms with van der Waals surface area (Å²) < 4.78 is 7.58. The zero-order chi connectivity index (χ0) is 23.8. The van der Waals surface area contributed by atoms with E-state index in [0.29, 0.717) is 18.2 Å². The van der Waals surface area contributed by atoms with Gasteiger partial charge in [-0.2, -0.15) is 0 Å². The monoisotopic (exact) mass is 477 g/mol. The Morgan fingerprint density at radius 2 is 1.44 bits per heavy atom. The highest BCUT2D eigenvalue weighted by molar-refractivity contribution is 8.00. The predicted octanol–water partition coefficient (Wildman–Crippen LogP) is 3.24. The third-order valence-electron chi connectivity index (χ3n) is 6.36. The minimum absolute atomic E-state index is 0.0386. The first-order chi connectivity index (χ1) is 16.4. The van der Waals surface area contributed by atoms with Crippen LogP contribution in [0.5, 0.6) is 6.01 Å².